The first kappa shape index (κ1) is 17.0. The SMILES string of the molecule is CC12CCC3C4CCC(N5CCCC5)=CC4=CCC3C1C1C[C@@H]1C21CCCO1. The maximum absolute atomic E-state index is 6.65. The Kier molecular flexibility index (Phi) is 3.44. The van der Waals surface area contributed by atoms with Crippen molar-refractivity contribution in [3.05, 3.63) is 23.4 Å². The number of ether oxygens (including phenoxy) is 1. The summed E-state index contributed by atoms with van der Waals surface area (Å²) in [6, 6.07) is 0. The Morgan fingerprint density at radius 2 is 1.93 bits per heavy atom. The molecule has 2 nitrogen and oxygen atoms in total. The summed E-state index contributed by atoms with van der Waals surface area (Å²) in [4.78, 5) is 2.69. The lowest BCUT2D eigenvalue weighted by molar-refractivity contribution is -0.144. The van der Waals surface area contributed by atoms with E-state index in [1.54, 1.807) is 11.3 Å². The summed E-state index contributed by atoms with van der Waals surface area (Å²) in [6.07, 6.45) is 19.3. The van der Waals surface area contributed by atoms with Crippen LogP contribution in [-0.2, 0) is 4.74 Å². The average molecular weight is 380 g/mol. The molecule has 152 valence electrons. The van der Waals surface area contributed by atoms with Crippen LogP contribution in [-0.4, -0.2) is 30.2 Å². The molecule has 1 spiro atoms. The van der Waals surface area contributed by atoms with Crippen LogP contribution in [0.3, 0.4) is 0 Å². The first-order valence-corrected chi connectivity index (χ1v) is 12.5. The molecule has 2 heterocycles. The van der Waals surface area contributed by atoms with Gasteiger partial charge in [0.1, 0.15) is 0 Å². The fourth-order valence-electron chi connectivity index (χ4n) is 9.71. The number of fused-ring (bicyclic) bond motifs is 9. The highest BCUT2D eigenvalue weighted by atomic mass is 16.5. The molecule has 8 atom stereocenters. The summed E-state index contributed by atoms with van der Waals surface area (Å²) in [6.45, 7) is 6.32. The van der Waals surface area contributed by atoms with Crippen LogP contribution < -0.4 is 0 Å². The van der Waals surface area contributed by atoms with Gasteiger partial charge in [-0.3, -0.25) is 0 Å². The molecule has 3 saturated carbocycles. The van der Waals surface area contributed by atoms with Gasteiger partial charge in [0, 0.05) is 30.8 Å². The molecule has 2 saturated heterocycles. The second-order valence-corrected chi connectivity index (χ2v) is 11.6. The molecule has 0 aromatic rings. The van der Waals surface area contributed by atoms with Crippen molar-refractivity contribution in [3.8, 4) is 0 Å². The summed E-state index contributed by atoms with van der Waals surface area (Å²) < 4.78 is 6.65. The third kappa shape index (κ3) is 1.99. The van der Waals surface area contributed by atoms with Gasteiger partial charge in [0.15, 0.2) is 0 Å². The van der Waals surface area contributed by atoms with E-state index in [9.17, 15) is 0 Å². The van der Waals surface area contributed by atoms with Crippen LogP contribution in [0.4, 0.5) is 0 Å². The van der Waals surface area contributed by atoms with Crippen LogP contribution in [0.25, 0.3) is 0 Å². The smallest absolute Gasteiger partial charge is 0.0770 e. The molecule has 7 rings (SSSR count). The Morgan fingerprint density at radius 3 is 2.75 bits per heavy atom. The molecule has 0 aromatic heterocycles. The van der Waals surface area contributed by atoms with Crippen LogP contribution in [0.1, 0.15) is 71.1 Å². The normalized spacial score (nSPS) is 54.0. The number of allylic oxidation sites excluding steroid dienone is 4. The molecule has 2 aliphatic heterocycles. The van der Waals surface area contributed by atoms with Crippen LogP contribution in [0.15, 0.2) is 23.4 Å². The maximum Gasteiger partial charge on any atom is 0.0770 e. The van der Waals surface area contributed by atoms with E-state index in [1.165, 1.54) is 77.3 Å². The molecular weight excluding hydrogens is 342 g/mol. The molecular formula is C26H37NO. The van der Waals surface area contributed by atoms with Gasteiger partial charge in [0.25, 0.3) is 0 Å². The highest BCUT2D eigenvalue weighted by Crippen LogP contribution is 2.78. The van der Waals surface area contributed by atoms with E-state index in [0.717, 1.165) is 42.1 Å². The Morgan fingerprint density at radius 1 is 1.04 bits per heavy atom. The predicted molar refractivity (Wildman–Crippen MR) is 112 cm³/mol. The van der Waals surface area contributed by atoms with Crippen LogP contribution in [0, 0.1) is 40.9 Å². The minimum Gasteiger partial charge on any atom is -0.375 e. The van der Waals surface area contributed by atoms with E-state index < -0.39 is 0 Å². The number of hydrogen-bond donors (Lipinski definition) is 0. The van der Waals surface area contributed by atoms with Crippen molar-refractivity contribution in [2.45, 2.75) is 76.7 Å². The monoisotopic (exact) mass is 379 g/mol. The van der Waals surface area contributed by atoms with Gasteiger partial charge in [0.2, 0.25) is 0 Å². The first-order chi connectivity index (χ1) is 13.7. The quantitative estimate of drug-likeness (QED) is 0.592. The van der Waals surface area contributed by atoms with E-state index in [0.29, 0.717) is 5.41 Å². The van der Waals surface area contributed by atoms with Crippen LogP contribution >= 0.6 is 0 Å². The van der Waals surface area contributed by atoms with E-state index in [1.807, 2.05) is 0 Å². The summed E-state index contributed by atoms with van der Waals surface area (Å²) >= 11 is 0. The van der Waals surface area contributed by atoms with Crippen molar-refractivity contribution in [1.29, 1.82) is 0 Å². The molecule has 0 aromatic carbocycles. The van der Waals surface area contributed by atoms with E-state index in [2.05, 4.69) is 24.0 Å². The molecule has 7 aliphatic rings. The standard InChI is InChI=1S/C26H37NO/c1-25-11-9-20-19-8-6-18(27-12-2-3-13-27)15-17(19)5-7-21(20)24(25)22-16-23(22)26(25)10-4-14-28-26/h5,15,19-24H,2-4,6-14,16H2,1H3/t19?,20?,21?,22?,23-,24?,25?,26?/m0/s1. The third-order valence-electron chi connectivity index (χ3n) is 10.8. The van der Waals surface area contributed by atoms with E-state index in [4.69, 9.17) is 4.74 Å². The van der Waals surface area contributed by atoms with Crippen molar-refractivity contribution in [3.63, 3.8) is 0 Å². The zero-order valence-corrected chi connectivity index (χ0v) is 17.7. The number of rotatable bonds is 1. The summed E-state index contributed by atoms with van der Waals surface area (Å²) in [5, 5.41) is 0. The van der Waals surface area contributed by atoms with Gasteiger partial charge in [0.05, 0.1) is 5.60 Å². The van der Waals surface area contributed by atoms with Gasteiger partial charge in [-0.15, -0.1) is 0 Å². The number of nitrogens with zero attached hydrogens (tertiary/aromatic N) is 1. The minimum absolute atomic E-state index is 0.284. The molecule has 5 fully saturated rings. The van der Waals surface area contributed by atoms with E-state index in [-0.39, 0.29) is 5.60 Å². The highest BCUT2D eigenvalue weighted by molar-refractivity contribution is 5.35. The molecule has 28 heavy (non-hydrogen) atoms. The Hall–Kier alpha value is -0.760. The van der Waals surface area contributed by atoms with Crippen LogP contribution in [0.5, 0.6) is 0 Å². The van der Waals surface area contributed by atoms with Gasteiger partial charge in [-0.05, 0) is 111 Å². The van der Waals surface area contributed by atoms with E-state index >= 15 is 0 Å². The molecule has 2 heteroatoms. The first-order valence-electron chi connectivity index (χ1n) is 12.5. The van der Waals surface area contributed by atoms with Crippen molar-refractivity contribution < 1.29 is 4.74 Å². The average Bonchev–Trinajstić information content (AvgIpc) is 3.12. The largest absolute Gasteiger partial charge is 0.375 e. The molecule has 5 aliphatic carbocycles. The molecule has 7 unspecified atom stereocenters. The van der Waals surface area contributed by atoms with Gasteiger partial charge in [-0.2, -0.15) is 0 Å². The minimum atomic E-state index is 0.284. The molecule has 0 amide bonds. The highest BCUT2D eigenvalue weighted by Gasteiger charge is 2.76. The second kappa shape index (κ2) is 5.68. The predicted octanol–water partition coefficient (Wildman–Crippen LogP) is 5.55. The summed E-state index contributed by atoms with van der Waals surface area (Å²) in [5.74, 6) is 5.66. The molecule has 0 bridgehead atoms. The zero-order valence-electron chi connectivity index (χ0n) is 17.7. The van der Waals surface area contributed by atoms with Crippen molar-refractivity contribution >= 4 is 0 Å². The Labute approximate surface area is 170 Å². The fraction of sp³-hybridized carbons (Fsp3) is 0.846. The second-order valence-electron chi connectivity index (χ2n) is 11.6. The van der Waals surface area contributed by atoms with Crippen LogP contribution in [0.2, 0.25) is 0 Å². The lowest BCUT2D eigenvalue weighted by Gasteiger charge is -2.57. The lowest BCUT2D eigenvalue weighted by Crippen LogP contribution is -2.54. The Balaban J connectivity index is 1.20. The number of hydrogen-bond acceptors (Lipinski definition) is 2. The summed E-state index contributed by atoms with van der Waals surface area (Å²) in [5.41, 5.74) is 4.16. The van der Waals surface area contributed by atoms with Crippen molar-refractivity contribution in [2.75, 3.05) is 19.7 Å². The van der Waals surface area contributed by atoms with Gasteiger partial charge in [-0.1, -0.05) is 13.0 Å². The van der Waals surface area contributed by atoms with Gasteiger partial charge >= 0.3 is 0 Å². The Bertz CT molecular complexity index is 740. The third-order valence-corrected chi connectivity index (χ3v) is 10.8. The molecule has 0 N–H and O–H groups in total. The van der Waals surface area contributed by atoms with Crippen molar-refractivity contribution in [1.82, 2.24) is 4.90 Å². The topological polar surface area (TPSA) is 12.5 Å². The maximum atomic E-state index is 6.65. The summed E-state index contributed by atoms with van der Waals surface area (Å²) in [7, 11) is 0. The molecule has 0 radical (unpaired) electrons. The van der Waals surface area contributed by atoms with Gasteiger partial charge in [-0.25, -0.2) is 0 Å². The lowest BCUT2D eigenvalue weighted by atomic mass is 9.49. The zero-order chi connectivity index (χ0) is 18.5. The number of likely N-dealkylation sites (tertiary alicyclic amines) is 1. The fourth-order valence-corrected chi connectivity index (χ4v) is 9.71. The van der Waals surface area contributed by atoms with Crippen molar-refractivity contribution in [2.24, 2.45) is 40.9 Å². The van der Waals surface area contributed by atoms with Gasteiger partial charge < -0.3 is 9.64 Å².